The van der Waals surface area contributed by atoms with Crippen molar-refractivity contribution in [2.24, 2.45) is 0 Å². The quantitative estimate of drug-likeness (QED) is 0.918. The van der Waals surface area contributed by atoms with E-state index in [-0.39, 0.29) is 19.1 Å². The molecule has 1 aromatic heterocycles. The fourth-order valence-electron chi connectivity index (χ4n) is 1.90. The largest absolute Gasteiger partial charge is 0.479 e. The van der Waals surface area contributed by atoms with E-state index in [1.165, 1.54) is 11.3 Å². The van der Waals surface area contributed by atoms with Gasteiger partial charge < -0.3 is 14.7 Å². The molecule has 2 rings (SSSR count). The number of hydrogen-bond acceptors (Lipinski definition) is 4. The van der Waals surface area contributed by atoms with Gasteiger partial charge in [-0.15, -0.1) is 11.3 Å². The second-order valence-corrected chi connectivity index (χ2v) is 6.04. The fraction of sp³-hybridized carbons (Fsp3) is 0.500. The monoisotopic (exact) mass is 303 g/mol. The minimum atomic E-state index is -1.03. The van der Waals surface area contributed by atoms with Crippen molar-refractivity contribution in [2.75, 3.05) is 19.7 Å². The lowest BCUT2D eigenvalue weighted by molar-refractivity contribution is -0.159. The number of carboxylic acids is 1. The maximum absolute atomic E-state index is 12.0. The molecular weight excluding hydrogens is 290 g/mol. The average Bonchev–Trinajstić information content (AvgIpc) is 2.82. The van der Waals surface area contributed by atoms with Gasteiger partial charge in [-0.1, -0.05) is 11.6 Å². The summed E-state index contributed by atoms with van der Waals surface area (Å²) in [6.45, 7) is 0.848. The van der Waals surface area contributed by atoms with Crippen LogP contribution in [-0.2, 0) is 20.7 Å². The van der Waals surface area contributed by atoms with Crippen molar-refractivity contribution in [3.05, 3.63) is 21.3 Å². The summed E-state index contributed by atoms with van der Waals surface area (Å²) in [5.74, 6) is -1.07. The van der Waals surface area contributed by atoms with Crippen LogP contribution in [0.1, 0.15) is 11.3 Å². The van der Waals surface area contributed by atoms with Crippen LogP contribution in [-0.4, -0.2) is 47.7 Å². The van der Waals surface area contributed by atoms with Crippen LogP contribution in [0.25, 0.3) is 0 Å². The summed E-state index contributed by atoms with van der Waals surface area (Å²) >= 11 is 7.28. The molecule has 0 unspecified atom stereocenters. The Balaban J connectivity index is 1.84. The Morgan fingerprint density at radius 1 is 1.53 bits per heavy atom. The number of aryl methyl sites for hydroxylation is 1. The fourth-order valence-corrected chi connectivity index (χ4v) is 2.99. The van der Waals surface area contributed by atoms with Crippen LogP contribution in [0.15, 0.2) is 12.1 Å². The predicted octanol–water partition coefficient (Wildman–Crippen LogP) is 1.65. The maximum atomic E-state index is 12.0. The molecule has 0 saturated carbocycles. The first kappa shape index (κ1) is 14.3. The zero-order valence-corrected chi connectivity index (χ0v) is 11.7. The number of thiophene rings is 1. The molecule has 0 aliphatic carbocycles. The van der Waals surface area contributed by atoms with Gasteiger partial charge in [0.1, 0.15) is 0 Å². The van der Waals surface area contributed by atoms with Crippen molar-refractivity contribution >= 4 is 34.8 Å². The molecule has 1 saturated heterocycles. The Kier molecular flexibility index (Phi) is 4.79. The normalized spacial score (nSPS) is 19.4. The highest BCUT2D eigenvalue weighted by Gasteiger charge is 2.28. The molecule has 1 N–H and O–H groups in total. The van der Waals surface area contributed by atoms with Crippen LogP contribution in [0.3, 0.4) is 0 Å². The van der Waals surface area contributed by atoms with Gasteiger partial charge in [0.05, 0.1) is 17.5 Å². The van der Waals surface area contributed by atoms with E-state index in [1.807, 2.05) is 6.07 Å². The summed E-state index contributed by atoms with van der Waals surface area (Å²) in [6.07, 6.45) is 0.0861. The predicted molar refractivity (Wildman–Crippen MR) is 71.6 cm³/mol. The van der Waals surface area contributed by atoms with Gasteiger partial charge in [0.25, 0.3) is 0 Å². The highest BCUT2D eigenvalue weighted by molar-refractivity contribution is 7.16. The molecule has 1 aromatic rings. The zero-order chi connectivity index (χ0) is 13.8. The maximum Gasteiger partial charge on any atom is 0.334 e. The van der Waals surface area contributed by atoms with Crippen molar-refractivity contribution in [3.8, 4) is 0 Å². The summed E-state index contributed by atoms with van der Waals surface area (Å²) < 4.78 is 5.79. The molecule has 1 fully saturated rings. The molecule has 0 spiro atoms. The van der Waals surface area contributed by atoms with Gasteiger partial charge >= 0.3 is 5.97 Å². The number of aliphatic carboxylic acids is 1. The Morgan fingerprint density at radius 2 is 2.32 bits per heavy atom. The lowest BCUT2D eigenvalue weighted by Gasteiger charge is -2.30. The molecule has 19 heavy (non-hydrogen) atoms. The third-order valence-electron chi connectivity index (χ3n) is 2.91. The highest BCUT2D eigenvalue weighted by atomic mass is 35.5. The van der Waals surface area contributed by atoms with Crippen molar-refractivity contribution in [1.29, 1.82) is 0 Å². The van der Waals surface area contributed by atoms with Gasteiger partial charge in [-0.2, -0.15) is 0 Å². The molecule has 2 heterocycles. The van der Waals surface area contributed by atoms with Crippen LogP contribution in [0.2, 0.25) is 4.34 Å². The standard InChI is InChI=1S/C12H14ClNO4S/c13-10-3-1-8(19-10)2-4-11(15)14-5-6-18-9(7-14)12(16)17/h1,3,9H,2,4-7H2,(H,16,17)/t9-/m1/s1. The smallest absolute Gasteiger partial charge is 0.334 e. The van der Waals surface area contributed by atoms with E-state index in [9.17, 15) is 9.59 Å². The third-order valence-corrected chi connectivity index (χ3v) is 4.20. The van der Waals surface area contributed by atoms with Crippen molar-refractivity contribution in [1.82, 2.24) is 4.90 Å². The Bertz CT molecular complexity index is 476. The van der Waals surface area contributed by atoms with Crippen molar-refractivity contribution in [2.45, 2.75) is 18.9 Å². The SMILES string of the molecule is O=C(O)[C@H]1CN(C(=O)CCc2ccc(Cl)s2)CCO1. The number of ether oxygens (including phenoxy) is 1. The van der Waals surface area contributed by atoms with Crippen LogP contribution in [0.5, 0.6) is 0 Å². The molecule has 5 nitrogen and oxygen atoms in total. The second kappa shape index (κ2) is 6.36. The summed E-state index contributed by atoms with van der Waals surface area (Å²) in [5, 5.41) is 8.87. The number of halogens is 1. The van der Waals surface area contributed by atoms with E-state index in [4.69, 9.17) is 21.4 Å². The van der Waals surface area contributed by atoms with Gasteiger partial charge in [0.15, 0.2) is 6.10 Å². The van der Waals surface area contributed by atoms with Gasteiger partial charge in [0, 0.05) is 17.8 Å². The minimum Gasteiger partial charge on any atom is -0.479 e. The summed E-state index contributed by atoms with van der Waals surface area (Å²) in [7, 11) is 0. The van der Waals surface area contributed by atoms with Gasteiger partial charge in [0.2, 0.25) is 5.91 Å². The number of carbonyl (C=O) groups is 2. The number of carbonyl (C=O) groups excluding carboxylic acids is 1. The first-order valence-electron chi connectivity index (χ1n) is 5.92. The topological polar surface area (TPSA) is 66.8 Å². The molecule has 1 aliphatic rings. The van der Waals surface area contributed by atoms with E-state index in [1.54, 1.807) is 11.0 Å². The molecule has 0 aromatic carbocycles. The van der Waals surface area contributed by atoms with Crippen LogP contribution < -0.4 is 0 Å². The number of carboxylic acid groups (broad SMARTS) is 1. The number of amides is 1. The summed E-state index contributed by atoms with van der Waals surface area (Å²) in [5.41, 5.74) is 0. The lowest BCUT2D eigenvalue weighted by Crippen LogP contribution is -2.48. The molecule has 1 amide bonds. The lowest BCUT2D eigenvalue weighted by atomic mass is 10.2. The van der Waals surface area contributed by atoms with E-state index in [2.05, 4.69) is 0 Å². The molecule has 104 valence electrons. The summed E-state index contributed by atoms with van der Waals surface area (Å²) in [6, 6.07) is 3.71. The highest BCUT2D eigenvalue weighted by Crippen LogP contribution is 2.22. The Labute approximate surface area is 119 Å². The molecule has 1 aliphatic heterocycles. The van der Waals surface area contributed by atoms with Crippen LogP contribution >= 0.6 is 22.9 Å². The number of morpholine rings is 1. The second-order valence-electron chi connectivity index (χ2n) is 4.24. The van der Waals surface area contributed by atoms with E-state index >= 15 is 0 Å². The third kappa shape index (κ3) is 3.92. The number of hydrogen-bond donors (Lipinski definition) is 1. The van der Waals surface area contributed by atoms with E-state index in [0.29, 0.717) is 23.7 Å². The van der Waals surface area contributed by atoms with E-state index in [0.717, 1.165) is 4.88 Å². The molecular formula is C12H14ClNO4S. The first-order valence-corrected chi connectivity index (χ1v) is 7.12. The number of nitrogens with zero attached hydrogens (tertiary/aromatic N) is 1. The molecule has 7 heteroatoms. The van der Waals surface area contributed by atoms with Crippen molar-refractivity contribution in [3.63, 3.8) is 0 Å². The van der Waals surface area contributed by atoms with Gasteiger partial charge in [-0.05, 0) is 18.6 Å². The first-order chi connectivity index (χ1) is 9.06. The minimum absolute atomic E-state index is 0.0425. The van der Waals surface area contributed by atoms with Gasteiger partial charge in [-0.25, -0.2) is 4.79 Å². The zero-order valence-electron chi connectivity index (χ0n) is 10.2. The molecule has 0 bridgehead atoms. The number of rotatable bonds is 4. The average molecular weight is 304 g/mol. The Hall–Kier alpha value is -1.11. The Morgan fingerprint density at radius 3 is 2.95 bits per heavy atom. The van der Waals surface area contributed by atoms with Crippen molar-refractivity contribution < 1.29 is 19.4 Å². The molecule has 0 radical (unpaired) electrons. The summed E-state index contributed by atoms with van der Waals surface area (Å²) in [4.78, 5) is 25.4. The van der Waals surface area contributed by atoms with Crippen LogP contribution in [0.4, 0.5) is 0 Å². The van der Waals surface area contributed by atoms with Gasteiger partial charge in [-0.3, -0.25) is 4.79 Å². The van der Waals surface area contributed by atoms with E-state index < -0.39 is 12.1 Å². The molecule has 1 atom stereocenters. The van der Waals surface area contributed by atoms with Crippen LogP contribution in [0, 0.1) is 0 Å².